The van der Waals surface area contributed by atoms with Gasteiger partial charge in [0, 0.05) is 0 Å². The first-order valence-electron chi connectivity index (χ1n) is 7.55. The molecule has 0 radical (unpaired) electrons. The average molecular weight is 288 g/mol. The second-order valence-corrected chi connectivity index (χ2v) is 5.28. The molecule has 1 aliphatic heterocycles. The summed E-state index contributed by atoms with van der Waals surface area (Å²) in [5.74, 6) is 0. The van der Waals surface area contributed by atoms with Crippen molar-refractivity contribution >= 4 is 0 Å². The maximum Gasteiger partial charge on any atom is 0.114 e. The summed E-state index contributed by atoms with van der Waals surface area (Å²) >= 11 is 0. The number of ether oxygens (including phenoxy) is 2. The van der Waals surface area contributed by atoms with E-state index in [0.29, 0.717) is 6.61 Å². The Bertz CT molecular complexity index is 269. The van der Waals surface area contributed by atoms with E-state index in [2.05, 4.69) is 13.0 Å². The summed E-state index contributed by atoms with van der Waals surface area (Å²) in [5, 5.41) is 28.7. The van der Waals surface area contributed by atoms with Crippen molar-refractivity contribution in [2.24, 2.45) is 0 Å². The molecule has 1 rings (SSSR count). The summed E-state index contributed by atoms with van der Waals surface area (Å²) in [6.45, 7) is 2.78. The molecule has 0 bridgehead atoms. The lowest BCUT2D eigenvalue weighted by atomic mass is 10.1. The van der Waals surface area contributed by atoms with Crippen LogP contribution in [0.3, 0.4) is 0 Å². The molecule has 0 aromatic carbocycles. The summed E-state index contributed by atoms with van der Waals surface area (Å²) in [4.78, 5) is 0. The van der Waals surface area contributed by atoms with E-state index in [1.54, 1.807) is 0 Å². The second kappa shape index (κ2) is 10.3. The predicted molar refractivity (Wildman–Crippen MR) is 76.5 cm³/mol. The van der Waals surface area contributed by atoms with Gasteiger partial charge in [-0.15, -0.1) is 0 Å². The third kappa shape index (κ3) is 6.33. The van der Waals surface area contributed by atoms with E-state index < -0.39 is 24.4 Å². The zero-order valence-electron chi connectivity index (χ0n) is 12.3. The highest BCUT2D eigenvalue weighted by atomic mass is 16.5. The number of hydrogen-bond donors (Lipinski definition) is 3. The fraction of sp³-hybridized carbons (Fsp3) is 0.867. The van der Waals surface area contributed by atoms with Gasteiger partial charge < -0.3 is 24.8 Å². The van der Waals surface area contributed by atoms with Gasteiger partial charge in [-0.05, 0) is 12.8 Å². The second-order valence-electron chi connectivity index (χ2n) is 5.28. The first-order valence-corrected chi connectivity index (χ1v) is 7.55. The van der Waals surface area contributed by atoms with Crippen LogP contribution in [0, 0.1) is 0 Å². The third-order valence-corrected chi connectivity index (χ3v) is 3.46. The molecule has 1 aliphatic rings. The molecule has 0 aromatic rings. The minimum atomic E-state index is -1.04. The molecule has 4 atom stereocenters. The summed E-state index contributed by atoms with van der Waals surface area (Å²) in [6.07, 6.45) is 6.45. The molecular formula is C15H28O5. The SMILES string of the molecule is CCCCCC/C=C/COC[C@@H](O)[C@@H]1OC[C@H](O)[C@@H]1O. The van der Waals surface area contributed by atoms with Crippen LogP contribution >= 0.6 is 0 Å². The van der Waals surface area contributed by atoms with Crippen LogP contribution in [0.15, 0.2) is 12.2 Å². The lowest BCUT2D eigenvalue weighted by Crippen LogP contribution is -2.40. The number of hydrogen-bond acceptors (Lipinski definition) is 5. The smallest absolute Gasteiger partial charge is 0.114 e. The molecule has 3 N–H and O–H groups in total. The number of unbranched alkanes of at least 4 members (excludes halogenated alkanes) is 4. The van der Waals surface area contributed by atoms with Gasteiger partial charge in [0.25, 0.3) is 0 Å². The molecule has 0 aromatic heterocycles. The molecule has 0 amide bonds. The van der Waals surface area contributed by atoms with Gasteiger partial charge >= 0.3 is 0 Å². The number of aliphatic hydroxyl groups excluding tert-OH is 3. The molecule has 5 heteroatoms. The van der Waals surface area contributed by atoms with E-state index in [0.717, 1.165) is 6.42 Å². The fourth-order valence-electron chi connectivity index (χ4n) is 2.19. The zero-order chi connectivity index (χ0) is 14.8. The van der Waals surface area contributed by atoms with Gasteiger partial charge in [-0.3, -0.25) is 0 Å². The van der Waals surface area contributed by atoms with Crippen LogP contribution in [0.5, 0.6) is 0 Å². The lowest BCUT2D eigenvalue weighted by Gasteiger charge is -2.20. The van der Waals surface area contributed by atoms with Gasteiger partial charge in [0.1, 0.15) is 24.4 Å². The molecule has 118 valence electrons. The predicted octanol–water partition coefficient (Wildman–Crippen LogP) is 1.01. The highest BCUT2D eigenvalue weighted by Gasteiger charge is 2.39. The van der Waals surface area contributed by atoms with Gasteiger partial charge in [0.15, 0.2) is 0 Å². The van der Waals surface area contributed by atoms with Crippen molar-refractivity contribution in [2.75, 3.05) is 19.8 Å². The van der Waals surface area contributed by atoms with Crippen molar-refractivity contribution < 1.29 is 24.8 Å². The molecule has 1 heterocycles. The maximum atomic E-state index is 9.79. The molecule has 0 aliphatic carbocycles. The maximum absolute atomic E-state index is 9.79. The van der Waals surface area contributed by atoms with E-state index >= 15 is 0 Å². The highest BCUT2D eigenvalue weighted by molar-refractivity contribution is 4.88. The summed E-state index contributed by atoms with van der Waals surface area (Å²) in [6, 6.07) is 0. The Hall–Kier alpha value is -0.460. The lowest BCUT2D eigenvalue weighted by molar-refractivity contribution is -0.0782. The Morgan fingerprint density at radius 2 is 2.05 bits per heavy atom. The van der Waals surface area contributed by atoms with E-state index in [1.807, 2.05) is 6.08 Å². The monoisotopic (exact) mass is 288 g/mol. The fourth-order valence-corrected chi connectivity index (χ4v) is 2.19. The van der Waals surface area contributed by atoms with Gasteiger partial charge in [0.2, 0.25) is 0 Å². The van der Waals surface area contributed by atoms with Gasteiger partial charge in [-0.1, -0.05) is 38.3 Å². The van der Waals surface area contributed by atoms with Crippen LogP contribution in [0.4, 0.5) is 0 Å². The molecule has 0 spiro atoms. The van der Waals surface area contributed by atoms with E-state index in [1.165, 1.54) is 25.7 Å². The van der Waals surface area contributed by atoms with Crippen LogP contribution in [0.1, 0.15) is 39.0 Å². The van der Waals surface area contributed by atoms with Crippen LogP contribution in [-0.4, -0.2) is 59.6 Å². The standard InChI is InChI=1S/C15H28O5/c1-2-3-4-5-6-7-8-9-19-10-13(17)15-14(18)12(16)11-20-15/h7-8,12-18H,2-6,9-11H2,1H3/b8-7+/t12-,13+,14-,15-/m0/s1. The minimum Gasteiger partial charge on any atom is -0.388 e. The van der Waals surface area contributed by atoms with E-state index in [4.69, 9.17) is 9.47 Å². The summed E-state index contributed by atoms with van der Waals surface area (Å²) < 4.78 is 10.4. The molecule has 1 saturated heterocycles. The zero-order valence-corrected chi connectivity index (χ0v) is 12.3. The van der Waals surface area contributed by atoms with Gasteiger partial charge in [0.05, 0.1) is 19.8 Å². The largest absolute Gasteiger partial charge is 0.388 e. The minimum absolute atomic E-state index is 0.0561. The molecule has 0 saturated carbocycles. The molecule has 1 fully saturated rings. The van der Waals surface area contributed by atoms with Crippen molar-refractivity contribution in [3.05, 3.63) is 12.2 Å². The molecule has 5 nitrogen and oxygen atoms in total. The average Bonchev–Trinajstić information content (AvgIpc) is 2.77. The Morgan fingerprint density at radius 1 is 1.25 bits per heavy atom. The normalized spacial score (nSPS) is 28.3. The Morgan fingerprint density at radius 3 is 2.70 bits per heavy atom. The molecule has 0 unspecified atom stereocenters. The van der Waals surface area contributed by atoms with Crippen molar-refractivity contribution in [3.8, 4) is 0 Å². The summed E-state index contributed by atoms with van der Waals surface area (Å²) in [5.41, 5.74) is 0. The van der Waals surface area contributed by atoms with Crippen LogP contribution in [0.2, 0.25) is 0 Å². The Labute approximate surface area is 121 Å². The van der Waals surface area contributed by atoms with Crippen LogP contribution in [0.25, 0.3) is 0 Å². The first-order chi connectivity index (χ1) is 9.66. The number of rotatable bonds is 10. The van der Waals surface area contributed by atoms with E-state index in [-0.39, 0.29) is 13.2 Å². The topological polar surface area (TPSA) is 79.2 Å². The van der Waals surface area contributed by atoms with Gasteiger partial charge in [-0.2, -0.15) is 0 Å². The third-order valence-electron chi connectivity index (χ3n) is 3.46. The molecular weight excluding hydrogens is 260 g/mol. The number of aliphatic hydroxyl groups is 3. The molecule has 20 heavy (non-hydrogen) atoms. The quantitative estimate of drug-likeness (QED) is 0.413. The van der Waals surface area contributed by atoms with Crippen molar-refractivity contribution in [1.82, 2.24) is 0 Å². The highest BCUT2D eigenvalue weighted by Crippen LogP contribution is 2.17. The Kier molecular flexibility index (Phi) is 9.05. The van der Waals surface area contributed by atoms with Crippen molar-refractivity contribution in [1.29, 1.82) is 0 Å². The summed E-state index contributed by atoms with van der Waals surface area (Å²) in [7, 11) is 0. The van der Waals surface area contributed by atoms with Crippen LogP contribution < -0.4 is 0 Å². The number of allylic oxidation sites excluding steroid dienone is 1. The first kappa shape index (κ1) is 17.6. The van der Waals surface area contributed by atoms with E-state index in [9.17, 15) is 15.3 Å². The Balaban J connectivity index is 2.02. The van der Waals surface area contributed by atoms with Crippen molar-refractivity contribution in [2.45, 2.75) is 63.4 Å². The van der Waals surface area contributed by atoms with Crippen molar-refractivity contribution in [3.63, 3.8) is 0 Å². The van der Waals surface area contributed by atoms with Gasteiger partial charge in [-0.25, -0.2) is 0 Å². The van der Waals surface area contributed by atoms with Crippen LogP contribution in [-0.2, 0) is 9.47 Å².